The molecule has 14 heavy (non-hydrogen) atoms. The molecular weight excluding hydrogens is 258 g/mol. The molecule has 1 aromatic rings. The molecule has 2 atom stereocenters. The van der Waals surface area contributed by atoms with Crippen LogP contribution in [0.15, 0.2) is 15.2 Å². The van der Waals surface area contributed by atoms with Gasteiger partial charge in [-0.15, -0.1) is 0 Å². The Morgan fingerprint density at radius 2 is 2.14 bits per heavy atom. The third-order valence-corrected chi connectivity index (χ3v) is 4.71. The number of rotatable bonds is 4. The average molecular weight is 274 g/mol. The highest BCUT2D eigenvalue weighted by atomic mass is 79.9. The minimum absolute atomic E-state index is 0.577. The van der Waals surface area contributed by atoms with Gasteiger partial charge in [-0.3, -0.25) is 0 Å². The fourth-order valence-electron chi connectivity index (χ4n) is 1.65. The molecular formula is C11H16BrNS. The largest absolute Gasteiger partial charge is 0.311 e. The Kier molecular flexibility index (Phi) is 3.30. The van der Waals surface area contributed by atoms with E-state index < -0.39 is 0 Å². The van der Waals surface area contributed by atoms with Gasteiger partial charge in [0.15, 0.2) is 0 Å². The first-order valence-electron chi connectivity index (χ1n) is 5.16. The maximum Gasteiger partial charge on any atom is 0.0317 e. The monoisotopic (exact) mass is 273 g/mol. The van der Waals surface area contributed by atoms with Crippen LogP contribution < -0.4 is 5.32 Å². The molecule has 1 fully saturated rings. The van der Waals surface area contributed by atoms with Crippen molar-refractivity contribution in [2.75, 3.05) is 0 Å². The van der Waals surface area contributed by atoms with Gasteiger partial charge in [-0.1, -0.05) is 6.92 Å². The van der Waals surface area contributed by atoms with Gasteiger partial charge < -0.3 is 5.32 Å². The Labute approximate surface area is 98.0 Å². The summed E-state index contributed by atoms with van der Waals surface area (Å²) in [6.45, 7) is 4.58. The molecule has 0 aliphatic heterocycles. The van der Waals surface area contributed by atoms with Gasteiger partial charge in [0.1, 0.15) is 0 Å². The smallest absolute Gasteiger partial charge is 0.0317 e. The highest BCUT2D eigenvalue weighted by molar-refractivity contribution is 9.10. The van der Waals surface area contributed by atoms with Gasteiger partial charge in [-0.25, -0.2) is 0 Å². The van der Waals surface area contributed by atoms with Crippen LogP contribution in [0.5, 0.6) is 0 Å². The molecule has 1 aromatic heterocycles. The first-order chi connectivity index (χ1) is 6.68. The van der Waals surface area contributed by atoms with E-state index in [0.29, 0.717) is 12.0 Å². The van der Waals surface area contributed by atoms with Crippen LogP contribution in [0.2, 0.25) is 0 Å². The Morgan fingerprint density at radius 1 is 1.43 bits per heavy atom. The summed E-state index contributed by atoms with van der Waals surface area (Å²) in [6.07, 6.45) is 2.73. The number of thiophene rings is 1. The van der Waals surface area contributed by atoms with Crippen molar-refractivity contribution in [3.8, 4) is 0 Å². The SMILES string of the molecule is CC(NC1CC1)C(C)c1cscc1Br. The predicted molar refractivity (Wildman–Crippen MR) is 66.1 cm³/mol. The normalized spacial score (nSPS) is 20.8. The van der Waals surface area contributed by atoms with Gasteiger partial charge in [0, 0.05) is 21.9 Å². The number of hydrogen-bond acceptors (Lipinski definition) is 2. The number of hydrogen-bond donors (Lipinski definition) is 1. The van der Waals surface area contributed by atoms with Crippen molar-refractivity contribution < 1.29 is 0 Å². The molecule has 0 bridgehead atoms. The summed E-state index contributed by atoms with van der Waals surface area (Å²) < 4.78 is 1.26. The van der Waals surface area contributed by atoms with Crippen molar-refractivity contribution >= 4 is 27.3 Å². The lowest BCUT2D eigenvalue weighted by Crippen LogP contribution is -2.32. The molecule has 1 heterocycles. The van der Waals surface area contributed by atoms with E-state index in [1.165, 1.54) is 22.9 Å². The van der Waals surface area contributed by atoms with Gasteiger partial charge in [0.2, 0.25) is 0 Å². The summed E-state index contributed by atoms with van der Waals surface area (Å²) in [5.74, 6) is 0.594. The maximum atomic E-state index is 3.65. The zero-order chi connectivity index (χ0) is 10.1. The zero-order valence-electron chi connectivity index (χ0n) is 8.59. The van der Waals surface area contributed by atoms with Gasteiger partial charge in [0.05, 0.1) is 0 Å². The predicted octanol–water partition coefficient (Wildman–Crippen LogP) is 3.75. The second kappa shape index (κ2) is 4.33. The van der Waals surface area contributed by atoms with Gasteiger partial charge in [0.25, 0.3) is 0 Å². The first-order valence-corrected chi connectivity index (χ1v) is 6.89. The average Bonchev–Trinajstić information content (AvgIpc) is 2.86. The van der Waals surface area contributed by atoms with Crippen LogP contribution in [0.25, 0.3) is 0 Å². The lowest BCUT2D eigenvalue weighted by atomic mass is 9.97. The molecule has 1 saturated carbocycles. The fourth-order valence-corrected chi connectivity index (χ4v) is 3.41. The van der Waals surface area contributed by atoms with E-state index in [4.69, 9.17) is 0 Å². The van der Waals surface area contributed by atoms with Crippen LogP contribution in [0, 0.1) is 0 Å². The van der Waals surface area contributed by atoms with Crippen molar-refractivity contribution in [2.24, 2.45) is 0 Å². The Bertz CT molecular complexity index is 306. The number of halogens is 1. The van der Waals surface area contributed by atoms with E-state index in [1.54, 1.807) is 11.3 Å². The van der Waals surface area contributed by atoms with Crippen LogP contribution in [0.3, 0.4) is 0 Å². The number of nitrogens with one attached hydrogen (secondary N) is 1. The highest BCUT2D eigenvalue weighted by Crippen LogP contribution is 2.31. The quantitative estimate of drug-likeness (QED) is 0.881. The Morgan fingerprint density at radius 3 is 2.64 bits per heavy atom. The molecule has 1 nitrogen and oxygen atoms in total. The minimum Gasteiger partial charge on any atom is -0.311 e. The van der Waals surface area contributed by atoms with Crippen LogP contribution in [-0.4, -0.2) is 12.1 Å². The van der Waals surface area contributed by atoms with Crippen molar-refractivity contribution in [1.29, 1.82) is 0 Å². The zero-order valence-corrected chi connectivity index (χ0v) is 11.0. The summed E-state index contributed by atoms with van der Waals surface area (Å²) in [7, 11) is 0. The second-order valence-corrected chi connectivity index (χ2v) is 5.79. The lowest BCUT2D eigenvalue weighted by molar-refractivity contribution is 0.478. The van der Waals surface area contributed by atoms with Crippen LogP contribution >= 0.6 is 27.3 Å². The van der Waals surface area contributed by atoms with Gasteiger partial charge >= 0.3 is 0 Å². The van der Waals surface area contributed by atoms with Gasteiger partial charge in [-0.2, -0.15) is 11.3 Å². The molecule has 2 rings (SSSR count). The minimum atomic E-state index is 0.577. The summed E-state index contributed by atoms with van der Waals surface area (Å²) in [4.78, 5) is 0. The van der Waals surface area contributed by atoms with Crippen LogP contribution in [0.4, 0.5) is 0 Å². The van der Waals surface area contributed by atoms with E-state index >= 15 is 0 Å². The van der Waals surface area contributed by atoms with Crippen molar-refractivity contribution in [2.45, 2.75) is 44.7 Å². The maximum absolute atomic E-state index is 3.65. The molecule has 1 aliphatic rings. The van der Waals surface area contributed by atoms with E-state index in [1.807, 2.05) is 0 Å². The summed E-state index contributed by atoms with van der Waals surface area (Å²) in [5, 5.41) is 8.07. The second-order valence-electron chi connectivity index (χ2n) is 4.19. The first kappa shape index (κ1) is 10.7. The molecule has 0 amide bonds. The van der Waals surface area contributed by atoms with E-state index in [0.717, 1.165) is 6.04 Å². The van der Waals surface area contributed by atoms with E-state index in [9.17, 15) is 0 Å². The van der Waals surface area contributed by atoms with Gasteiger partial charge in [-0.05, 0) is 52.6 Å². The Hall–Kier alpha value is 0.140. The highest BCUT2D eigenvalue weighted by Gasteiger charge is 2.26. The molecule has 1 N–H and O–H groups in total. The van der Waals surface area contributed by atoms with E-state index in [-0.39, 0.29) is 0 Å². The molecule has 0 radical (unpaired) electrons. The molecule has 0 saturated heterocycles. The summed E-state index contributed by atoms with van der Waals surface area (Å²) in [5.41, 5.74) is 1.44. The third kappa shape index (κ3) is 2.38. The summed E-state index contributed by atoms with van der Waals surface area (Å²) >= 11 is 5.37. The van der Waals surface area contributed by atoms with Crippen LogP contribution in [-0.2, 0) is 0 Å². The van der Waals surface area contributed by atoms with Crippen molar-refractivity contribution in [1.82, 2.24) is 5.32 Å². The molecule has 78 valence electrons. The molecule has 1 aliphatic carbocycles. The molecule has 3 heteroatoms. The standard InChI is InChI=1S/C11H16BrNS/c1-7(8(2)13-9-3-4-9)10-5-14-6-11(10)12/h5-9,13H,3-4H2,1-2H3. The molecule has 0 spiro atoms. The topological polar surface area (TPSA) is 12.0 Å². The van der Waals surface area contributed by atoms with Crippen LogP contribution in [0.1, 0.15) is 38.2 Å². The fraction of sp³-hybridized carbons (Fsp3) is 0.636. The van der Waals surface area contributed by atoms with Crippen molar-refractivity contribution in [3.63, 3.8) is 0 Å². The third-order valence-electron chi connectivity index (χ3n) is 2.96. The molecule has 0 aromatic carbocycles. The molecule has 2 unspecified atom stereocenters. The summed E-state index contributed by atoms with van der Waals surface area (Å²) in [6, 6.07) is 1.37. The van der Waals surface area contributed by atoms with E-state index in [2.05, 4.69) is 45.9 Å². The van der Waals surface area contributed by atoms with Crippen molar-refractivity contribution in [3.05, 3.63) is 20.8 Å². The lowest BCUT2D eigenvalue weighted by Gasteiger charge is -2.21. The Balaban J connectivity index is 1.99.